The number of aromatic nitrogens is 2. The van der Waals surface area contributed by atoms with Crippen LogP contribution in [0, 0.1) is 10.1 Å². The summed E-state index contributed by atoms with van der Waals surface area (Å²) in [6.45, 7) is 4.91. The average Bonchev–Trinajstić information content (AvgIpc) is 3.25. The standard InChI is InChI=1S/C25H29N5O5/c1-18(24-26-27-25(35-24)20-7-9-21(10-8-20)30(32)33)28-14-3-15-29(17-16-28)23(31)13-6-19-4-11-22(34-2)12-5-19/h4-5,7-12,18H,3,6,13-17H2,1-2H3. The van der Waals surface area contributed by atoms with E-state index in [2.05, 4.69) is 15.1 Å². The third kappa shape index (κ3) is 6.02. The summed E-state index contributed by atoms with van der Waals surface area (Å²) in [5.74, 6) is 1.78. The molecule has 35 heavy (non-hydrogen) atoms. The number of carbonyl (C=O) groups excluding carboxylic acids is 1. The Bertz CT molecular complexity index is 1150. The van der Waals surface area contributed by atoms with Crippen molar-refractivity contribution in [3.8, 4) is 17.2 Å². The van der Waals surface area contributed by atoms with Gasteiger partial charge in [0.15, 0.2) is 0 Å². The lowest BCUT2D eigenvalue weighted by Gasteiger charge is -2.25. The van der Waals surface area contributed by atoms with Crippen molar-refractivity contribution in [1.29, 1.82) is 0 Å². The number of nitrogens with zero attached hydrogens (tertiary/aromatic N) is 5. The van der Waals surface area contributed by atoms with Gasteiger partial charge in [-0.3, -0.25) is 19.8 Å². The van der Waals surface area contributed by atoms with Gasteiger partial charge in [0, 0.05) is 50.3 Å². The predicted molar refractivity (Wildman–Crippen MR) is 129 cm³/mol. The molecule has 1 aromatic heterocycles. The van der Waals surface area contributed by atoms with Gasteiger partial charge in [-0.25, -0.2) is 0 Å². The summed E-state index contributed by atoms with van der Waals surface area (Å²) in [7, 11) is 1.64. The molecule has 0 radical (unpaired) electrons. The van der Waals surface area contributed by atoms with Crippen LogP contribution >= 0.6 is 0 Å². The van der Waals surface area contributed by atoms with Gasteiger partial charge in [-0.05, 0) is 49.6 Å². The highest BCUT2D eigenvalue weighted by Crippen LogP contribution is 2.26. The average molecular weight is 480 g/mol. The smallest absolute Gasteiger partial charge is 0.269 e. The summed E-state index contributed by atoms with van der Waals surface area (Å²) in [5, 5.41) is 19.2. The van der Waals surface area contributed by atoms with Crippen LogP contribution in [0.3, 0.4) is 0 Å². The first-order valence-electron chi connectivity index (χ1n) is 11.7. The van der Waals surface area contributed by atoms with Crippen LogP contribution in [0.5, 0.6) is 5.75 Å². The van der Waals surface area contributed by atoms with Crippen molar-refractivity contribution in [2.45, 2.75) is 32.2 Å². The molecule has 0 saturated carbocycles. The molecule has 2 heterocycles. The highest BCUT2D eigenvalue weighted by atomic mass is 16.6. The number of nitro benzene ring substituents is 1. The number of methoxy groups -OCH3 is 1. The molecule has 1 aliphatic heterocycles. The minimum absolute atomic E-state index is 0.00882. The Morgan fingerprint density at radius 2 is 1.83 bits per heavy atom. The second-order valence-electron chi connectivity index (χ2n) is 8.54. The maximum Gasteiger partial charge on any atom is 0.269 e. The van der Waals surface area contributed by atoms with Gasteiger partial charge >= 0.3 is 0 Å². The molecule has 0 N–H and O–H groups in total. The Balaban J connectivity index is 1.31. The van der Waals surface area contributed by atoms with Gasteiger partial charge < -0.3 is 14.1 Å². The third-order valence-electron chi connectivity index (χ3n) is 6.34. The van der Waals surface area contributed by atoms with Gasteiger partial charge in [-0.15, -0.1) is 10.2 Å². The van der Waals surface area contributed by atoms with Crippen LogP contribution in [0.1, 0.15) is 37.3 Å². The van der Waals surface area contributed by atoms with Crippen LogP contribution in [0.2, 0.25) is 0 Å². The summed E-state index contributed by atoms with van der Waals surface area (Å²) in [6.07, 6.45) is 2.04. The summed E-state index contributed by atoms with van der Waals surface area (Å²) in [6, 6.07) is 13.7. The van der Waals surface area contributed by atoms with E-state index in [1.807, 2.05) is 36.1 Å². The normalized spacial score (nSPS) is 15.4. The van der Waals surface area contributed by atoms with E-state index in [9.17, 15) is 14.9 Å². The fourth-order valence-electron chi connectivity index (χ4n) is 4.18. The molecule has 1 fully saturated rings. The van der Waals surface area contributed by atoms with Crippen molar-refractivity contribution in [2.24, 2.45) is 0 Å². The fourth-order valence-corrected chi connectivity index (χ4v) is 4.18. The van der Waals surface area contributed by atoms with Crippen molar-refractivity contribution < 1.29 is 18.9 Å². The second kappa shape index (κ2) is 11.1. The number of hydrogen-bond donors (Lipinski definition) is 0. The molecule has 0 spiro atoms. The van der Waals surface area contributed by atoms with Crippen LogP contribution in [0.15, 0.2) is 52.9 Å². The fraction of sp³-hybridized carbons (Fsp3) is 0.400. The molecule has 2 aromatic carbocycles. The van der Waals surface area contributed by atoms with E-state index < -0.39 is 4.92 Å². The van der Waals surface area contributed by atoms with E-state index >= 15 is 0 Å². The highest BCUT2D eigenvalue weighted by molar-refractivity contribution is 5.76. The predicted octanol–water partition coefficient (Wildman–Crippen LogP) is 3.88. The molecule has 1 unspecified atom stereocenters. The van der Waals surface area contributed by atoms with Gasteiger partial charge in [0.1, 0.15) is 5.75 Å². The van der Waals surface area contributed by atoms with Crippen LogP contribution in [-0.2, 0) is 11.2 Å². The second-order valence-corrected chi connectivity index (χ2v) is 8.54. The lowest BCUT2D eigenvalue weighted by Crippen LogP contribution is -2.36. The Morgan fingerprint density at radius 1 is 1.09 bits per heavy atom. The van der Waals surface area contributed by atoms with Crippen molar-refractivity contribution in [1.82, 2.24) is 20.0 Å². The number of benzene rings is 2. The maximum atomic E-state index is 12.8. The van der Waals surface area contributed by atoms with Crippen LogP contribution < -0.4 is 4.74 Å². The number of ether oxygens (including phenoxy) is 1. The number of hydrogen-bond acceptors (Lipinski definition) is 8. The molecular weight excluding hydrogens is 450 g/mol. The molecule has 10 heteroatoms. The Morgan fingerprint density at radius 3 is 2.51 bits per heavy atom. The molecule has 184 valence electrons. The van der Waals surface area contributed by atoms with Gasteiger partial charge in [-0.2, -0.15) is 0 Å². The van der Waals surface area contributed by atoms with E-state index in [0.717, 1.165) is 30.8 Å². The molecule has 4 rings (SSSR count). The Kier molecular flexibility index (Phi) is 7.71. The van der Waals surface area contributed by atoms with E-state index in [-0.39, 0.29) is 17.6 Å². The van der Waals surface area contributed by atoms with E-state index in [4.69, 9.17) is 9.15 Å². The Labute approximate surface area is 203 Å². The van der Waals surface area contributed by atoms with Crippen molar-refractivity contribution in [3.63, 3.8) is 0 Å². The van der Waals surface area contributed by atoms with Gasteiger partial charge in [-0.1, -0.05) is 12.1 Å². The zero-order valence-electron chi connectivity index (χ0n) is 19.9. The maximum absolute atomic E-state index is 12.8. The molecular formula is C25H29N5O5. The minimum Gasteiger partial charge on any atom is -0.497 e. The van der Waals surface area contributed by atoms with E-state index in [1.54, 1.807) is 19.2 Å². The van der Waals surface area contributed by atoms with Crippen LogP contribution in [-0.4, -0.2) is 64.1 Å². The summed E-state index contributed by atoms with van der Waals surface area (Å²) >= 11 is 0. The number of nitro groups is 1. The number of rotatable bonds is 8. The number of aryl methyl sites for hydroxylation is 1. The molecule has 0 aliphatic carbocycles. The van der Waals surface area contributed by atoms with Crippen molar-refractivity contribution >= 4 is 11.6 Å². The highest BCUT2D eigenvalue weighted by Gasteiger charge is 2.26. The number of non-ortho nitro benzene ring substituents is 1. The quantitative estimate of drug-likeness (QED) is 0.353. The Hall–Kier alpha value is -3.79. The SMILES string of the molecule is COc1ccc(CCC(=O)N2CCCN(C(C)c3nnc(-c4ccc([N+](=O)[O-])cc4)o3)CC2)cc1. The van der Waals surface area contributed by atoms with Gasteiger partial charge in [0.25, 0.3) is 5.69 Å². The largest absolute Gasteiger partial charge is 0.497 e. The molecule has 10 nitrogen and oxygen atoms in total. The molecule has 0 bridgehead atoms. The third-order valence-corrected chi connectivity index (χ3v) is 6.34. The first-order valence-corrected chi connectivity index (χ1v) is 11.7. The zero-order chi connectivity index (χ0) is 24.8. The van der Waals surface area contributed by atoms with Gasteiger partial charge in [0.2, 0.25) is 17.7 Å². The molecule has 1 saturated heterocycles. The zero-order valence-corrected chi connectivity index (χ0v) is 19.9. The van der Waals surface area contributed by atoms with Gasteiger partial charge in [0.05, 0.1) is 18.1 Å². The lowest BCUT2D eigenvalue weighted by atomic mass is 10.1. The van der Waals surface area contributed by atoms with Crippen molar-refractivity contribution in [3.05, 3.63) is 70.1 Å². The molecule has 1 atom stereocenters. The van der Waals surface area contributed by atoms with E-state index in [1.165, 1.54) is 12.1 Å². The van der Waals surface area contributed by atoms with Crippen LogP contribution in [0.4, 0.5) is 5.69 Å². The monoisotopic (exact) mass is 479 g/mol. The minimum atomic E-state index is -0.447. The lowest BCUT2D eigenvalue weighted by molar-refractivity contribution is -0.384. The summed E-state index contributed by atoms with van der Waals surface area (Å²) in [4.78, 5) is 27.4. The van der Waals surface area contributed by atoms with E-state index in [0.29, 0.717) is 43.3 Å². The van der Waals surface area contributed by atoms with Crippen LogP contribution in [0.25, 0.3) is 11.5 Å². The number of amides is 1. The van der Waals surface area contributed by atoms with Crippen molar-refractivity contribution in [2.75, 3.05) is 33.3 Å². The number of carbonyl (C=O) groups is 1. The molecule has 1 amide bonds. The summed E-state index contributed by atoms with van der Waals surface area (Å²) < 4.78 is 11.1. The molecule has 1 aliphatic rings. The molecule has 3 aromatic rings. The first-order chi connectivity index (χ1) is 16.9. The topological polar surface area (TPSA) is 115 Å². The first kappa shape index (κ1) is 24.3. The summed E-state index contributed by atoms with van der Waals surface area (Å²) in [5.41, 5.74) is 1.75.